The van der Waals surface area contributed by atoms with E-state index in [0.717, 1.165) is 79.5 Å². The number of benzene rings is 3. The number of aromatic amines is 1. The Morgan fingerprint density at radius 2 is 1.78 bits per heavy atom. The van der Waals surface area contributed by atoms with Crippen molar-refractivity contribution in [3.8, 4) is 11.5 Å². The largest absolute Gasteiger partial charge is 0.455 e. The second kappa shape index (κ2) is 17.6. The van der Waals surface area contributed by atoms with Crippen molar-refractivity contribution in [2.75, 3.05) is 61.0 Å². The molecule has 1 amide bonds. The smallest absolute Gasteiger partial charge is 0.268 e. The van der Waals surface area contributed by atoms with Gasteiger partial charge in [-0.05, 0) is 133 Å². The fourth-order valence-electron chi connectivity index (χ4n) is 8.42. The van der Waals surface area contributed by atoms with Crippen LogP contribution in [0.3, 0.4) is 0 Å². The number of sulfonamides is 1. The fourth-order valence-corrected chi connectivity index (χ4v) is 10.8. The number of carbonyl (C=O) groups is 1. The fraction of sp³-hybridized carbons (Fsp3) is 0.391. The molecule has 59 heavy (non-hydrogen) atoms. The van der Waals surface area contributed by atoms with Gasteiger partial charge in [0.2, 0.25) is 0 Å². The first-order valence-electron chi connectivity index (χ1n) is 20.6. The molecule has 0 spiro atoms. The number of aromatic nitrogens is 2. The van der Waals surface area contributed by atoms with Crippen molar-refractivity contribution in [3.05, 3.63) is 112 Å². The van der Waals surface area contributed by atoms with E-state index in [0.29, 0.717) is 17.3 Å². The number of halogens is 1. The van der Waals surface area contributed by atoms with Gasteiger partial charge in [0.25, 0.3) is 15.9 Å². The number of allylic oxidation sites excluding steroid dienone is 1. The number of hydrogen-bond acceptors (Lipinski definition) is 9. The maximum Gasteiger partial charge on any atom is 0.268 e. The predicted octanol–water partition coefficient (Wildman–Crippen LogP) is 9.78. The highest BCUT2D eigenvalue weighted by Gasteiger charge is 2.30. The first-order valence-corrected chi connectivity index (χ1v) is 23.6. The molecule has 2 saturated heterocycles. The molecule has 4 heterocycles. The summed E-state index contributed by atoms with van der Waals surface area (Å²) in [5, 5.41) is 5.11. The zero-order valence-electron chi connectivity index (χ0n) is 34.0. The molecule has 0 bridgehead atoms. The molecular formula is C46H53ClN6O4S2. The molecule has 2 fully saturated rings. The third-order valence-corrected chi connectivity index (χ3v) is 14.6. The van der Waals surface area contributed by atoms with E-state index in [-0.39, 0.29) is 21.6 Å². The Hall–Kier alpha value is -4.49. The molecule has 2 aliphatic heterocycles. The number of piperazine rings is 1. The number of anilines is 2. The lowest BCUT2D eigenvalue weighted by atomic mass is 9.72. The maximum atomic E-state index is 13.9. The van der Waals surface area contributed by atoms with E-state index in [4.69, 9.17) is 16.3 Å². The van der Waals surface area contributed by atoms with E-state index >= 15 is 0 Å². The van der Waals surface area contributed by atoms with Crippen molar-refractivity contribution in [2.45, 2.75) is 57.8 Å². The van der Waals surface area contributed by atoms with Crippen LogP contribution in [0.15, 0.2) is 95.7 Å². The van der Waals surface area contributed by atoms with Crippen LogP contribution in [-0.4, -0.2) is 80.0 Å². The Kier molecular flexibility index (Phi) is 12.3. The van der Waals surface area contributed by atoms with Crippen molar-refractivity contribution in [1.82, 2.24) is 19.6 Å². The van der Waals surface area contributed by atoms with Gasteiger partial charge in [0, 0.05) is 73.3 Å². The summed E-state index contributed by atoms with van der Waals surface area (Å²) < 4.78 is 36.0. The van der Waals surface area contributed by atoms with Gasteiger partial charge in [0.05, 0.1) is 16.7 Å². The van der Waals surface area contributed by atoms with Crippen molar-refractivity contribution >= 4 is 67.3 Å². The van der Waals surface area contributed by atoms with Crippen LogP contribution in [0.25, 0.3) is 16.6 Å². The number of carbonyl (C=O) groups excluding carboxylic acids is 1. The predicted molar refractivity (Wildman–Crippen MR) is 242 cm³/mol. The van der Waals surface area contributed by atoms with E-state index in [2.05, 4.69) is 55.8 Å². The van der Waals surface area contributed by atoms with Crippen LogP contribution in [0.4, 0.5) is 11.4 Å². The Balaban J connectivity index is 0.986. The van der Waals surface area contributed by atoms with Gasteiger partial charge in [-0.1, -0.05) is 43.2 Å². The molecule has 1 aliphatic carbocycles. The number of fused-ring (bicyclic) bond motifs is 1. The van der Waals surface area contributed by atoms with Crippen LogP contribution in [0.2, 0.25) is 5.02 Å². The summed E-state index contributed by atoms with van der Waals surface area (Å²) in [4.78, 5) is 26.3. The highest BCUT2D eigenvalue weighted by atomic mass is 35.5. The minimum absolute atomic E-state index is 0.0232. The molecule has 0 radical (unpaired) electrons. The second-order valence-corrected chi connectivity index (χ2v) is 20.3. The second-order valence-electron chi connectivity index (χ2n) is 16.9. The van der Waals surface area contributed by atoms with Crippen LogP contribution in [0.5, 0.6) is 11.5 Å². The average Bonchev–Trinajstić information content (AvgIpc) is 3.70. The molecule has 8 rings (SSSR count). The minimum atomic E-state index is -4.20. The first kappa shape index (κ1) is 41.3. The normalized spacial score (nSPS) is 17.9. The lowest BCUT2D eigenvalue weighted by molar-refractivity contribution is 0.0979. The topological polar surface area (TPSA) is 120 Å². The van der Waals surface area contributed by atoms with Gasteiger partial charge in [0.1, 0.15) is 17.1 Å². The van der Waals surface area contributed by atoms with Crippen molar-refractivity contribution < 1.29 is 17.9 Å². The van der Waals surface area contributed by atoms with Crippen molar-refractivity contribution in [1.29, 1.82) is 0 Å². The standard InChI is InChI=1S/C46H53ClN6O4S2/c1-31-24-39(9-11-42(31)49-28-32-14-22-58-23-15-32)59(55,56)51-45(54)40-10-8-37(26-43(40)57-38-25-34-13-17-48-44(34)50-29-38)53-20-18-52(19-21-53)30-35-12-16-46(2,3)27-41(35)33-4-6-36(47)7-5-33/h4-11,13,17,24-26,29,32,49H,12,14-16,18-23,27-28,30H2,1-3H3,(H,48,50)(H,51,54). The lowest BCUT2D eigenvalue weighted by Gasteiger charge is -2.39. The third kappa shape index (κ3) is 9.94. The molecule has 0 unspecified atom stereocenters. The zero-order chi connectivity index (χ0) is 41.1. The molecule has 13 heteroatoms. The highest BCUT2D eigenvalue weighted by Crippen LogP contribution is 2.43. The average molecular weight is 854 g/mol. The van der Waals surface area contributed by atoms with Gasteiger partial charge < -0.3 is 19.9 Å². The molecule has 0 atom stereocenters. The molecule has 2 aromatic heterocycles. The summed E-state index contributed by atoms with van der Waals surface area (Å²) in [6, 6.07) is 22.3. The van der Waals surface area contributed by atoms with Gasteiger partial charge in [-0.3, -0.25) is 9.69 Å². The summed E-state index contributed by atoms with van der Waals surface area (Å²) in [5.41, 5.74) is 7.86. The van der Waals surface area contributed by atoms with E-state index in [1.54, 1.807) is 36.7 Å². The van der Waals surface area contributed by atoms with Gasteiger partial charge >= 0.3 is 0 Å². The molecule has 0 saturated carbocycles. The lowest BCUT2D eigenvalue weighted by Crippen LogP contribution is -2.47. The van der Waals surface area contributed by atoms with E-state index < -0.39 is 15.9 Å². The molecule has 310 valence electrons. The van der Waals surface area contributed by atoms with Crippen LogP contribution >= 0.6 is 23.4 Å². The quantitative estimate of drug-likeness (QED) is 0.113. The number of ether oxygens (including phenoxy) is 1. The molecule has 5 aromatic rings. The number of pyridine rings is 1. The van der Waals surface area contributed by atoms with Gasteiger partial charge in [-0.15, -0.1) is 0 Å². The summed E-state index contributed by atoms with van der Waals surface area (Å²) in [6.07, 6.45) is 9.05. The van der Waals surface area contributed by atoms with E-state index in [1.165, 1.54) is 47.5 Å². The zero-order valence-corrected chi connectivity index (χ0v) is 36.4. The maximum absolute atomic E-state index is 13.9. The van der Waals surface area contributed by atoms with Crippen molar-refractivity contribution in [3.63, 3.8) is 0 Å². The number of thioether (sulfide) groups is 1. The van der Waals surface area contributed by atoms with Gasteiger partial charge in [-0.2, -0.15) is 11.8 Å². The number of nitrogens with one attached hydrogen (secondary N) is 3. The van der Waals surface area contributed by atoms with E-state index in [9.17, 15) is 13.2 Å². The molecular weight excluding hydrogens is 800 g/mol. The van der Waals surface area contributed by atoms with E-state index in [1.807, 2.05) is 55.1 Å². The van der Waals surface area contributed by atoms with Crippen molar-refractivity contribution in [2.24, 2.45) is 11.3 Å². The number of amides is 1. The Morgan fingerprint density at radius 1 is 1.00 bits per heavy atom. The van der Waals surface area contributed by atoms with Crippen LogP contribution in [-0.2, 0) is 10.0 Å². The number of nitrogens with zero attached hydrogens (tertiary/aromatic N) is 3. The number of aryl methyl sites for hydroxylation is 1. The van der Waals surface area contributed by atoms with Crippen LogP contribution < -0.4 is 19.7 Å². The SMILES string of the molecule is Cc1cc(S(=O)(=O)NC(=O)c2ccc(N3CCN(CC4=C(c5ccc(Cl)cc5)CC(C)(C)CC4)CC3)cc2Oc2cnc3[nH]ccc3c2)ccc1NCC1CCSCC1. The molecule has 3 aliphatic rings. The minimum Gasteiger partial charge on any atom is -0.455 e. The number of H-pyrrole nitrogens is 1. The van der Waals surface area contributed by atoms with Gasteiger partial charge in [-0.25, -0.2) is 18.1 Å². The summed E-state index contributed by atoms with van der Waals surface area (Å²) in [6.45, 7) is 11.7. The number of rotatable bonds is 12. The number of hydrogen-bond donors (Lipinski definition) is 3. The van der Waals surface area contributed by atoms with Crippen LogP contribution in [0.1, 0.15) is 67.4 Å². The van der Waals surface area contributed by atoms with Crippen LogP contribution in [0, 0.1) is 18.3 Å². The third-order valence-electron chi connectivity index (χ3n) is 12.0. The first-order chi connectivity index (χ1) is 28.4. The molecule has 3 aromatic carbocycles. The highest BCUT2D eigenvalue weighted by molar-refractivity contribution is 7.99. The Morgan fingerprint density at radius 3 is 2.54 bits per heavy atom. The monoisotopic (exact) mass is 852 g/mol. The van der Waals surface area contributed by atoms with Gasteiger partial charge in [0.15, 0.2) is 0 Å². The molecule has 3 N–H and O–H groups in total. The summed E-state index contributed by atoms with van der Waals surface area (Å²) in [7, 11) is -4.20. The Bertz CT molecular complexity index is 2450. The Labute approximate surface area is 357 Å². The summed E-state index contributed by atoms with van der Waals surface area (Å²) in [5.74, 6) is 2.87. The molecule has 10 nitrogen and oxygen atoms in total. The summed E-state index contributed by atoms with van der Waals surface area (Å²) >= 11 is 8.25.